The lowest BCUT2D eigenvalue weighted by Crippen LogP contribution is -2.46. The molecule has 2 saturated heterocycles. The maximum atomic E-state index is 12.8. The first-order chi connectivity index (χ1) is 25.8. The van der Waals surface area contributed by atoms with Gasteiger partial charge in [0.2, 0.25) is 11.9 Å². The highest BCUT2D eigenvalue weighted by Gasteiger charge is 2.50. The summed E-state index contributed by atoms with van der Waals surface area (Å²) >= 11 is 0. The second-order valence-electron chi connectivity index (χ2n) is 13.5. The molecule has 3 fully saturated rings. The molecule has 53 heavy (non-hydrogen) atoms. The van der Waals surface area contributed by atoms with Crippen LogP contribution in [0.1, 0.15) is 35.9 Å². The lowest BCUT2D eigenvalue weighted by Gasteiger charge is -2.23. The molecule has 272 valence electrons. The van der Waals surface area contributed by atoms with Gasteiger partial charge in [-0.1, -0.05) is 60.7 Å². The van der Waals surface area contributed by atoms with Gasteiger partial charge >= 0.3 is 12.1 Å². The fraction of sp³-hybridized carbons (Fsp3) is 0.324. The van der Waals surface area contributed by atoms with Gasteiger partial charge in [0, 0.05) is 37.8 Å². The molecule has 5 amide bonds. The van der Waals surface area contributed by atoms with E-state index in [1.54, 1.807) is 35.4 Å². The second-order valence-corrected chi connectivity index (χ2v) is 13.5. The van der Waals surface area contributed by atoms with E-state index in [1.165, 1.54) is 0 Å². The van der Waals surface area contributed by atoms with Gasteiger partial charge in [0.1, 0.15) is 12.2 Å². The Morgan fingerprint density at radius 2 is 1.68 bits per heavy atom. The van der Waals surface area contributed by atoms with Gasteiger partial charge in [0.25, 0.3) is 0 Å². The highest BCUT2D eigenvalue weighted by atomic mass is 16.3. The molecule has 8 rings (SSSR count). The molecule has 6 N–H and O–H groups in total. The number of carbonyl (C=O) groups excluding carboxylic acids is 3. The van der Waals surface area contributed by atoms with Crippen molar-refractivity contribution in [3.05, 3.63) is 103 Å². The molecule has 0 bridgehead atoms. The van der Waals surface area contributed by atoms with Gasteiger partial charge in [0.15, 0.2) is 17.0 Å². The van der Waals surface area contributed by atoms with Crippen LogP contribution in [0.15, 0.2) is 91.5 Å². The Morgan fingerprint density at radius 3 is 2.36 bits per heavy atom. The number of urea groups is 2. The van der Waals surface area contributed by atoms with E-state index >= 15 is 0 Å². The average Bonchev–Trinajstić information content (AvgIpc) is 3.96. The number of pyridine rings is 1. The Morgan fingerprint density at radius 1 is 0.943 bits per heavy atom. The first-order valence-electron chi connectivity index (χ1n) is 17.6. The van der Waals surface area contributed by atoms with Gasteiger partial charge < -0.3 is 40.9 Å². The van der Waals surface area contributed by atoms with E-state index in [4.69, 9.17) is 15.0 Å². The summed E-state index contributed by atoms with van der Waals surface area (Å²) in [6.07, 6.45) is 2.82. The third-order valence-corrected chi connectivity index (χ3v) is 10.2. The molecule has 2 aliphatic heterocycles. The van der Waals surface area contributed by atoms with Crippen LogP contribution >= 0.6 is 0 Å². The minimum Gasteiger partial charge on any atom is -0.388 e. The minimum absolute atomic E-state index is 0.0247. The Kier molecular flexibility index (Phi) is 9.28. The Labute approximate surface area is 304 Å². The number of aromatic nitrogens is 5. The maximum absolute atomic E-state index is 12.8. The summed E-state index contributed by atoms with van der Waals surface area (Å²) in [6, 6.07) is 21.1. The fourth-order valence-electron chi connectivity index (χ4n) is 7.55. The first kappa shape index (κ1) is 34.0. The van der Waals surface area contributed by atoms with Crippen molar-refractivity contribution in [2.45, 2.75) is 49.1 Å². The van der Waals surface area contributed by atoms with Crippen LogP contribution in [-0.4, -0.2) is 108 Å². The number of fused-ring (bicyclic) bond motifs is 1. The molecule has 5 heterocycles. The van der Waals surface area contributed by atoms with Crippen molar-refractivity contribution in [2.24, 2.45) is 0 Å². The zero-order valence-electron chi connectivity index (χ0n) is 28.6. The Balaban J connectivity index is 1.10. The smallest absolute Gasteiger partial charge is 0.324 e. The third-order valence-electron chi connectivity index (χ3n) is 10.2. The van der Waals surface area contributed by atoms with Crippen molar-refractivity contribution in [1.82, 2.24) is 40.0 Å². The zero-order chi connectivity index (χ0) is 36.5. The van der Waals surface area contributed by atoms with E-state index in [0.29, 0.717) is 54.7 Å². The third kappa shape index (κ3) is 6.81. The lowest BCUT2D eigenvalue weighted by molar-refractivity contribution is -0.128. The topological polar surface area (TPSA) is 203 Å². The highest BCUT2D eigenvalue weighted by Crippen LogP contribution is 2.38. The zero-order valence-corrected chi connectivity index (χ0v) is 28.6. The largest absolute Gasteiger partial charge is 0.388 e. The van der Waals surface area contributed by atoms with Gasteiger partial charge in [-0.05, 0) is 36.1 Å². The number of anilines is 3. The molecule has 1 unspecified atom stereocenters. The van der Waals surface area contributed by atoms with E-state index < -0.39 is 36.2 Å². The van der Waals surface area contributed by atoms with Crippen molar-refractivity contribution in [1.29, 1.82) is 0 Å². The number of aliphatic hydroxyl groups excluding tert-OH is 2. The molecule has 5 aromatic rings. The summed E-state index contributed by atoms with van der Waals surface area (Å²) in [7, 11) is 0. The normalized spacial score (nSPS) is 22.8. The van der Waals surface area contributed by atoms with Crippen molar-refractivity contribution in [3.8, 4) is 0 Å². The average molecular weight is 718 g/mol. The standard InChI is InChI=1S/C37H39N11O5/c49-29-19-40-37(53)48(29)28-16-27(31(50)32(28)51)47-21-41-30-33(39-18-26(22-8-3-1-4-9-22)23-10-5-2-6-11-23)44-35(45-34(30)47)46-15-13-25(20-46)43-36(52)42-24-12-7-14-38-17-24/h1-12,14,17,21,25-28,31-32,50-51H,13,15-16,18-20H2,(H,40,53)(H,39,44,45)(H2,42,43,52)/t25-,27?,28+,31+,32-/m1/s1. The quantitative estimate of drug-likeness (QED) is 0.116. The van der Waals surface area contributed by atoms with Crippen molar-refractivity contribution >= 4 is 46.6 Å². The van der Waals surface area contributed by atoms with Crippen LogP contribution in [0.2, 0.25) is 0 Å². The number of imide groups is 1. The first-order valence-corrected chi connectivity index (χ1v) is 17.6. The van der Waals surface area contributed by atoms with Crippen LogP contribution in [0, 0.1) is 0 Å². The number of nitrogens with zero attached hydrogens (tertiary/aromatic N) is 7. The molecule has 2 aromatic carbocycles. The second kappa shape index (κ2) is 14.5. The molecule has 1 saturated carbocycles. The van der Waals surface area contributed by atoms with Crippen molar-refractivity contribution < 1.29 is 24.6 Å². The van der Waals surface area contributed by atoms with Crippen LogP contribution in [-0.2, 0) is 4.79 Å². The Hall–Kier alpha value is -6.13. The van der Waals surface area contributed by atoms with Crippen LogP contribution in [0.3, 0.4) is 0 Å². The van der Waals surface area contributed by atoms with Gasteiger partial charge in [-0.25, -0.2) is 14.6 Å². The molecule has 16 nitrogen and oxygen atoms in total. The van der Waals surface area contributed by atoms with Crippen LogP contribution in [0.4, 0.5) is 27.0 Å². The van der Waals surface area contributed by atoms with Gasteiger partial charge in [-0.15, -0.1) is 0 Å². The Bertz CT molecular complexity index is 2050. The molecule has 0 radical (unpaired) electrons. The van der Waals surface area contributed by atoms with Crippen LogP contribution < -0.4 is 26.2 Å². The molecule has 16 heteroatoms. The number of rotatable bonds is 10. The number of aliphatic hydroxyl groups is 2. The molecule has 3 aromatic heterocycles. The summed E-state index contributed by atoms with van der Waals surface area (Å²) < 4.78 is 1.69. The van der Waals surface area contributed by atoms with E-state index in [1.807, 2.05) is 41.3 Å². The van der Waals surface area contributed by atoms with E-state index in [2.05, 4.69) is 50.5 Å². The molecular formula is C37H39N11O5. The van der Waals surface area contributed by atoms with Crippen LogP contribution in [0.5, 0.6) is 0 Å². The summed E-state index contributed by atoms with van der Waals surface area (Å²) in [5.74, 6) is 0.387. The number of nitrogens with one attached hydrogen (secondary N) is 4. The molecule has 5 atom stereocenters. The number of carbonyl (C=O) groups is 3. The molecule has 0 spiro atoms. The summed E-state index contributed by atoms with van der Waals surface area (Å²) in [5, 5.41) is 34.3. The maximum Gasteiger partial charge on any atom is 0.324 e. The van der Waals surface area contributed by atoms with Gasteiger partial charge in [-0.3, -0.25) is 14.7 Å². The number of benzene rings is 2. The molecule has 3 aliphatic rings. The SMILES string of the molecule is O=C(Nc1cccnc1)N[C@@H]1CCN(c2nc(NCC(c3ccccc3)c3ccccc3)c3ncn(C4C[C@H](N5C(=O)CNC5=O)[C@@H](O)[C@H]4O)c3n2)C1. The van der Waals surface area contributed by atoms with E-state index in [-0.39, 0.29) is 31.0 Å². The predicted octanol–water partition coefficient (Wildman–Crippen LogP) is 2.45. The minimum atomic E-state index is -1.37. The van der Waals surface area contributed by atoms with Crippen LogP contribution in [0.25, 0.3) is 11.2 Å². The van der Waals surface area contributed by atoms with Crippen molar-refractivity contribution in [3.63, 3.8) is 0 Å². The number of imidazole rings is 1. The van der Waals surface area contributed by atoms with Gasteiger partial charge in [0.05, 0.1) is 36.8 Å². The lowest BCUT2D eigenvalue weighted by atomic mass is 9.91. The monoisotopic (exact) mass is 717 g/mol. The predicted molar refractivity (Wildman–Crippen MR) is 195 cm³/mol. The van der Waals surface area contributed by atoms with Crippen molar-refractivity contribution in [2.75, 3.05) is 41.7 Å². The molecule has 1 aliphatic carbocycles. The van der Waals surface area contributed by atoms with Gasteiger partial charge in [-0.2, -0.15) is 9.97 Å². The van der Waals surface area contributed by atoms with E-state index in [0.717, 1.165) is 16.0 Å². The van der Waals surface area contributed by atoms with E-state index in [9.17, 15) is 24.6 Å². The number of hydrogen-bond acceptors (Lipinski definition) is 11. The fourth-order valence-corrected chi connectivity index (χ4v) is 7.55. The molecular weight excluding hydrogens is 678 g/mol. The highest BCUT2D eigenvalue weighted by molar-refractivity contribution is 6.02. The summed E-state index contributed by atoms with van der Waals surface area (Å²) in [6.45, 7) is 1.32. The summed E-state index contributed by atoms with van der Waals surface area (Å²) in [5.41, 5.74) is 3.69. The summed E-state index contributed by atoms with van der Waals surface area (Å²) in [4.78, 5) is 59.5. The number of amides is 5. The number of hydrogen-bond donors (Lipinski definition) is 6.